The summed E-state index contributed by atoms with van der Waals surface area (Å²) in [4.78, 5) is 21.0. The van der Waals surface area contributed by atoms with Gasteiger partial charge in [-0.1, -0.05) is 41.8 Å². The summed E-state index contributed by atoms with van der Waals surface area (Å²) >= 11 is 3.32. The molecule has 31 heavy (non-hydrogen) atoms. The fourth-order valence-corrected chi connectivity index (χ4v) is 3.04. The normalized spacial score (nSPS) is 11.3. The second-order valence-corrected chi connectivity index (χ2v) is 7.69. The molecule has 0 saturated carbocycles. The van der Waals surface area contributed by atoms with Crippen molar-refractivity contribution < 1.29 is 9.53 Å². The third kappa shape index (κ3) is 6.54. The van der Waals surface area contributed by atoms with Crippen LogP contribution in [0.2, 0.25) is 0 Å². The number of terminal acetylenes is 1. The third-order valence-electron chi connectivity index (χ3n) is 4.30. The molecule has 1 aromatic heterocycles. The second-order valence-electron chi connectivity index (χ2n) is 6.83. The number of benzene rings is 2. The average molecular weight is 480 g/mol. The lowest BCUT2D eigenvalue weighted by molar-refractivity contribution is -0.117. The fourth-order valence-electron chi connectivity index (χ4n) is 2.73. The highest BCUT2D eigenvalue weighted by atomic mass is 79.9. The van der Waals surface area contributed by atoms with Crippen LogP contribution in [-0.2, 0) is 11.2 Å². The molecule has 158 valence electrons. The van der Waals surface area contributed by atoms with Gasteiger partial charge in [-0.3, -0.25) is 4.79 Å². The minimum Gasteiger partial charge on any atom is -0.464 e. The fraction of sp³-hybridized carbons (Fsp3) is 0.174. The summed E-state index contributed by atoms with van der Waals surface area (Å²) in [5, 5.41) is 5.93. The van der Waals surface area contributed by atoms with Crippen LogP contribution in [0.5, 0.6) is 5.88 Å². The molecule has 7 nitrogen and oxygen atoms in total. The van der Waals surface area contributed by atoms with Crippen LogP contribution < -0.4 is 21.1 Å². The van der Waals surface area contributed by atoms with Gasteiger partial charge < -0.3 is 21.1 Å². The summed E-state index contributed by atoms with van der Waals surface area (Å²) in [6.45, 7) is 2.11. The maximum absolute atomic E-state index is 12.5. The number of nitrogens with zero attached hydrogens (tertiary/aromatic N) is 2. The first kappa shape index (κ1) is 22.3. The van der Waals surface area contributed by atoms with Gasteiger partial charge >= 0.3 is 0 Å². The number of carbonyl (C=O) groups is 1. The van der Waals surface area contributed by atoms with E-state index in [4.69, 9.17) is 16.9 Å². The Labute approximate surface area is 189 Å². The van der Waals surface area contributed by atoms with Crippen molar-refractivity contribution in [1.82, 2.24) is 9.97 Å². The van der Waals surface area contributed by atoms with Gasteiger partial charge in [0.2, 0.25) is 17.7 Å². The Kier molecular flexibility index (Phi) is 7.60. The molecule has 8 heteroatoms. The van der Waals surface area contributed by atoms with E-state index in [-0.39, 0.29) is 12.5 Å². The van der Waals surface area contributed by atoms with Gasteiger partial charge in [0.25, 0.3) is 0 Å². The molecule has 0 aliphatic heterocycles. The number of hydrogen-bond acceptors (Lipinski definition) is 6. The maximum Gasteiger partial charge on any atom is 0.241 e. The lowest BCUT2D eigenvalue weighted by atomic mass is 10.0. The van der Waals surface area contributed by atoms with Crippen molar-refractivity contribution in [3.05, 3.63) is 70.3 Å². The summed E-state index contributed by atoms with van der Waals surface area (Å²) in [5.41, 5.74) is 9.56. The van der Waals surface area contributed by atoms with Crippen LogP contribution in [0.3, 0.4) is 0 Å². The number of aromatic nitrogens is 2. The smallest absolute Gasteiger partial charge is 0.241 e. The number of ether oxygens (including phenoxy) is 1. The second kappa shape index (κ2) is 10.6. The van der Waals surface area contributed by atoms with Crippen molar-refractivity contribution in [2.75, 3.05) is 17.2 Å². The molecular formula is C23H22BrN5O2. The Hall–Kier alpha value is -3.41. The standard InChI is InChI=1S/C23H22BrN5O2/c1-3-11-31-22-19(24)14-26-23(29-22)28-18-6-4-5-17(13-18)27-21(30)20(25)12-16-9-7-15(2)8-10-16/h1,4-10,13-14,20H,11-12,25H2,2H3,(H,27,30)(H,26,28,29). The molecule has 0 radical (unpaired) electrons. The number of carbonyl (C=O) groups excluding carboxylic acids is 1. The number of nitrogens with two attached hydrogens (primary N) is 1. The molecule has 0 fully saturated rings. The van der Waals surface area contributed by atoms with Crippen molar-refractivity contribution in [1.29, 1.82) is 0 Å². The molecule has 1 unspecified atom stereocenters. The average Bonchev–Trinajstić information content (AvgIpc) is 2.76. The van der Waals surface area contributed by atoms with E-state index in [1.165, 1.54) is 0 Å². The van der Waals surface area contributed by atoms with Gasteiger partial charge in [0.15, 0.2) is 6.61 Å². The van der Waals surface area contributed by atoms with Crippen LogP contribution in [0.25, 0.3) is 0 Å². The van der Waals surface area contributed by atoms with Crippen LogP contribution in [0.1, 0.15) is 11.1 Å². The molecule has 3 aromatic rings. The quantitative estimate of drug-likeness (QED) is 0.424. The van der Waals surface area contributed by atoms with E-state index in [1.54, 1.807) is 24.4 Å². The van der Waals surface area contributed by atoms with Crippen molar-refractivity contribution in [2.45, 2.75) is 19.4 Å². The Morgan fingerprint density at radius 3 is 2.74 bits per heavy atom. The number of halogens is 1. The molecule has 0 saturated heterocycles. The molecule has 1 amide bonds. The van der Waals surface area contributed by atoms with E-state index < -0.39 is 6.04 Å². The Balaban J connectivity index is 1.64. The SMILES string of the molecule is C#CCOc1nc(Nc2cccc(NC(=O)C(N)Cc3ccc(C)cc3)c2)ncc1Br. The summed E-state index contributed by atoms with van der Waals surface area (Å²) in [6, 6.07) is 14.5. The van der Waals surface area contributed by atoms with Crippen LogP contribution in [-0.4, -0.2) is 28.5 Å². The van der Waals surface area contributed by atoms with Gasteiger partial charge in [0.05, 0.1) is 16.7 Å². The molecule has 4 N–H and O–H groups in total. The molecule has 3 rings (SSSR count). The van der Waals surface area contributed by atoms with Crippen LogP contribution >= 0.6 is 15.9 Å². The van der Waals surface area contributed by atoms with Gasteiger partial charge in [-0.25, -0.2) is 4.98 Å². The zero-order valence-corrected chi connectivity index (χ0v) is 18.5. The highest BCUT2D eigenvalue weighted by molar-refractivity contribution is 9.10. The first-order chi connectivity index (χ1) is 14.9. The summed E-state index contributed by atoms with van der Waals surface area (Å²) < 4.78 is 5.97. The number of hydrogen-bond donors (Lipinski definition) is 3. The minimum atomic E-state index is -0.662. The monoisotopic (exact) mass is 479 g/mol. The lowest BCUT2D eigenvalue weighted by Crippen LogP contribution is -2.37. The van der Waals surface area contributed by atoms with Gasteiger partial charge in [-0.2, -0.15) is 4.98 Å². The molecular weight excluding hydrogens is 458 g/mol. The van der Waals surface area contributed by atoms with Crippen molar-refractivity contribution in [3.63, 3.8) is 0 Å². The minimum absolute atomic E-state index is 0.0966. The number of rotatable bonds is 8. The van der Waals surface area contributed by atoms with Crippen LogP contribution in [0, 0.1) is 19.3 Å². The zero-order chi connectivity index (χ0) is 22.2. The van der Waals surface area contributed by atoms with E-state index in [0.29, 0.717) is 34.1 Å². The molecule has 0 bridgehead atoms. The van der Waals surface area contributed by atoms with Crippen molar-refractivity contribution in [3.8, 4) is 18.2 Å². The highest BCUT2D eigenvalue weighted by Gasteiger charge is 2.15. The van der Waals surface area contributed by atoms with E-state index in [1.807, 2.05) is 37.3 Å². The summed E-state index contributed by atoms with van der Waals surface area (Å²) in [6.07, 6.45) is 7.24. The predicted octanol–water partition coefficient (Wildman–Crippen LogP) is 3.81. The maximum atomic E-state index is 12.5. The van der Waals surface area contributed by atoms with Crippen LogP contribution in [0.15, 0.2) is 59.2 Å². The number of nitrogens with one attached hydrogen (secondary N) is 2. The topological polar surface area (TPSA) is 102 Å². The van der Waals surface area contributed by atoms with E-state index in [2.05, 4.69) is 42.5 Å². The Morgan fingerprint density at radius 1 is 1.26 bits per heavy atom. The van der Waals surface area contributed by atoms with Crippen LogP contribution in [0.4, 0.5) is 17.3 Å². The molecule has 0 aliphatic rings. The van der Waals surface area contributed by atoms with Crippen molar-refractivity contribution in [2.24, 2.45) is 5.73 Å². The highest BCUT2D eigenvalue weighted by Crippen LogP contribution is 2.24. The van der Waals surface area contributed by atoms with Gasteiger partial charge in [0, 0.05) is 11.4 Å². The van der Waals surface area contributed by atoms with Crippen molar-refractivity contribution >= 4 is 39.2 Å². The van der Waals surface area contributed by atoms with E-state index in [9.17, 15) is 4.79 Å². The summed E-state index contributed by atoms with van der Waals surface area (Å²) in [5.74, 6) is 2.79. The van der Waals surface area contributed by atoms with Gasteiger partial charge in [0.1, 0.15) is 0 Å². The first-order valence-electron chi connectivity index (χ1n) is 9.52. The largest absolute Gasteiger partial charge is 0.464 e. The Bertz CT molecular complexity index is 1100. The predicted molar refractivity (Wildman–Crippen MR) is 125 cm³/mol. The van der Waals surface area contributed by atoms with E-state index >= 15 is 0 Å². The third-order valence-corrected chi connectivity index (χ3v) is 4.85. The molecule has 0 spiro atoms. The number of amides is 1. The Morgan fingerprint density at radius 2 is 2.00 bits per heavy atom. The molecule has 1 atom stereocenters. The lowest BCUT2D eigenvalue weighted by Gasteiger charge is -2.14. The molecule has 0 aliphatic carbocycles. The number of aryl methyl sites for hydroxylation is 1. The molecule has 1 heterocycles. The van der Waals surface area contributed by atoms with Gasteiger partial charge in [-0.05, 0) is 53.0 Å². The zero-order valence-electron chi connectivity index (χ0n) is 16.9. The summed E-state index contributed by atoms with van der Waals surface area (Å²) in [7, 11) is 0. The number of anilines is 3. The molecule has 2 aromatic carbocycles. The van der Waals surface area contributed by atoms with E-state index in [0.717, 1.165) is 11.1 Å². The van der Waals surface area contributed by atoms with Gasteiger partial charge in [-0.15, -0.1) is 6.42 Å². The first-order valence-corrected chi connectivity index (χ1v) is 10.3.